The van der Waals surface area contributed by atoms with Crippen molar-refractivity contribution in [3.05, 3.63) is 420 Å². The van der Waals surface area contributed by atoms with Crippen LogP contribution in [0.5, 0.6) is 0 Å². The molecule has 574 valence electrons. The summed E-state index contributed by atoms with van der Waals surface area (Å²) < 4.78 is 16.0. The second kappa shape index (κ2) is 28.9. The standard InChI is InChI=1S/C44H31N3.C41H26N6.C25H17N3/c1-2-45-41-19-11-9-17-37(41)39-30-44-40(29-43(39)45)38-18-10-12-20-42(38)47(44)36-27-23-32(24-28-36)31-21-25-35(26-22-31)46(33-13-5-3-6-14-33)34-15-7-4-8-16-34;1-2-38-42-25-43-41(44-38)47-36-19-11-8-16-30(36)31-21-22-32-33-24-27(45-34-17-9-6-14-28(34)29-15-7-10-18-35(29)45)20-23-37(33)46(39(32)40(31)47)26-12-4-3-5-13-26;1-2-27-22-11-5-3-9-18(22)20-15-25-21(14-24(20)27)19-10-4-6-12-23(19)28(25)17-8-7-13-26-16-17/h2-30H,1H2;2-25H,1H2;2-16H,1H2. The van der Waals surface area contributed by atoms with Gasteiger partial charge >= 0.3 is 0 Å². The van der Waals surface area contributed by atoms with Crippen LogP contribution in [0.25, 0.3) is 211 Å². The van der Waals surface area contributed by atoms with Crippen molar-refractivity contribution in [1.29, 1.82) is 0 Å². The van der Waals surface area contributed by atoms with E-state index < -0.39 is 0 Å². The maximum absolute atomic E-state index is 4.81. The first-order valence-electron chi connectivity index (χ1n) is 41.0. The summed E-state index contributed by atoms with van der Waals surface area (Å²) in [6.45, 7) is 12.1. The Morgan fingerprint density at radius 2 is 0.598 bits per heavy atom. The summed E-state index contributed by atoms with van der Waals surface area (Å²) in [5.41, 5.74) is 26.3. The van der Waals surface area contributed by atoms with Crippen LogP contribution in [0, 0.1) is 0 Å². The minimum atomic E-state index is 0.535. The third-order valence-corrected chi connectivity index (χ3v) is 24.2. The molecule has 0 saturated carbocycles. The van der Waals surface area contributed by atoms with Gasteiger partial charge in [-0.1, -0.05) is 238 Å². The van der Waals surface area contributed by atoms with E-state index in [0.29, 0.717) is 11.8 Å². The second-order valence-corrected chi connectivity index (χ2v) is 30.7. The Morgan fingerprint density at radius 1 is 0.246 bits per heavy atom. The molecule has 16 aromatic carbocycles. The highest BCUT2D eigenvalue weighted by Gasteiger charge is 2.26. The summed E-state index contributed by atoms with van der Waals surface area (Å²) >= 11 is 0. The number of hydrogen-bond acceptors (Lipinski definition) is 5. The van der Waals surface area contributed by atoms with E-state index in [1.807, 2.05) is 30.9 Å². The van der Waals surface area contributed by atoms with Gasteiger partial charge in [0, 0.05) is 128 Å². The summed E-state index contributed by atoms with van der Waals surface area (Å²) in [6.07, 6.45) is 10.8. The van der Waals surface area contributed by atoms with Crippen molar-refractivity contribution < 1.29 is 0 Å². The van der Waals surface area contributed by atoms with Crippen molar-refractivity contribution >= 4 is 188 Å². The van der Waals surface area contributed by atoms with Crippen LogP contribution in [-0.4, -0.2) is 51.9 Å². The molecule has 122 heavy (non-hydrogen) atoms. The molecule has 0 unspecified atom stereocenters. The average molecular weight is 1560 g/mol. The van der Waals surface area contributed by atoms with Gasteiger partial charge in [0.1, 0.15) is 6.33 Å². The highest BCUT2D eigenvalue weighted by Crippen LogP contribution is 2.46. The smallest absolute Gasteiger partial charge is 0.238 e. The van der Waals surface area contributed by atoms with Gasteiger partial charge in [-0.05, 0) is 175 Å². The first-order chi connectivity index (χ1) is 60.4. The van der Waals surface area contributed by atoms with E-state index in [0.717, 1.165) is 78.0 Å². The van der Waals surface area contributed by atoms with E-state index in [2.05, 4.69) is 442 Å². The molecule has 0 amide bonds. The molecule has 0 spiro atoms. The molecule has 0 atom stereocenters. The first-order valence-corrected chi connectivity index (χ1v) is 41.0. The largest absolute Gasteiger partial charge is 0.317 e. The Labute approximate surface area is 700 Å². The van der Waals surface area contributed by atoms with Crippen LogP contribution in [0.2, 0.25) is 0 Å². The Kier molecular flexibility index (Phi) is 16.7. The molecule has 0 bridgehead atoms. The van der Waals surface area contributed by atoms with E-state index in [-0.39, 0.29) is 0 Å². The third-order valence-electron chi connectivity index (χ3n) is 24.2. The van der Waals surface area contributed by atoms with Gasteiger partial charge in [0.15, 0.2) is 5.82 Å². The zero-order chi connectivity index (χ0) is 81.0. The van der Waals surface area contributed by atoms with Gasteiger partial charge < -0.3 is 32.3 Å². The zero-order valence-electron chi connectivity index (χ0n) is 66.2. The van der Waals surface area contributed by atoms with Gasteiger partial charge in [-0.3, -0.25) is 9.55 Å². The van der Waals surface area contributed by atoms with Crippen LogP contribution >= 0.6 is 0 Å². The van der Waals surface area contributed by atoms with Crippen molar-refractivity contribution in [3.63, 3.8) is 0 Å². The van der Waals surface area contributed by atoms with Crippen LogP contribution < -0.4 is 4.90 Å². The molecule has 25 rings (SSSR count). The Hall–Kier alpha value is -16.7. The molecular formula is C110H74N12. The van der Waals surface area contributed by atoms with Crippen LogP contribution in [-0.2, 0) is 0 Å². The van der Waals surface area contributed by atoms with Crippen molar-refractivity contribution in [3.8, 4) is 39.8 Å². The molecule has 0 N–H and O–H groups in total. The van der Waals surface area contributed by atoms with Crippen molar-refractivity contribution in [2.45, 2.75) is 0 Å². The normalized spacial score (nSPS) is 11.7. The topological polar surface area (TPSA) is 89.3 Å². The highest BCUT2D eigenvalue weighted by molar-refractivity contribution is 6.25. The number of fused-ring (bicyclic) bond motifs is 22. The van der Waals surface area contributed by atoms with Gasteiger partial charge in [-0.15, -0.1) is 0 Å². The number of para-hydroxylation sites is 10. The SMILES string of the molecule is C=Cc1ncnc(-n2c3ccccc3c3ccc4c5cc(-n6c7ccccc7c7ccccc76)ccc5n(-c5ccccc5)c4c32)n1.C=Cn1c2ccccc2c2cc3c(cc21)c1ccccc1n3-c1ccc(-c2ccc(N(c3ccccc3)c3ccccc3)cc2)cc1.C=Cn1c2ccccc2c2cc3c(cc21)c1ccccc1n3-c1cccnc1. The van der Waals surface area contributed by atoms with E-state index in [1.54, 1.807) is 12.4 Å². The maximum Gasteiger partial charge on any atom is 0.238 e. The van der Waals surface area contributed by atoms with E-state index >= 15 is 0 Å². The van der Waals surface area contributed by atoms with Crippen LogP contribution in [0.1, 0.15) is 5.82 Å². The predicted octanol–water partition coefficient (Wildman–Crippen LogP) is 28.3. The van der Waals surface area contributed by atoms with Gasteiger partial charge in [0.05, 0.1) is 89.1 Å². The summed E-state index contributed by atoms with van der Waals surface area (Å²) in [6, 6.07) is 134. The van der Waals surface area contributed by atoms with Crippen molar-refractivity contribution in [2.75, 3.05) is 4.90 Å². The molecular weight excluding hydrogens is 1490 g/mol. The summed E-state index contributed by atoms with van der Waals surface area (Å²) in [5.74, 6) is 1.09. The van der Waals surface area contributed by atoms with E-state index in [9.17, 15) is 0 Å². The lowest BCUT2D eigenvalue weighted by atomic mass is 10.0. The predicted molar refractivity (Wildman–Crippen MR) is 511 cm³/mol. The monoisotopic (exact) mass is 1560 g/mol. The fourth-order valence-corrected chi connectivity index (χ4v) is 19.0. The summed E-state index contributed by atoms with van der Waals surface area (Å²) in [4.78, 5) is 20.4. The molecule has 0 aliphatic carbocycles. The van der Waals surface area contributed by atoms with E-state index in [4.69, 9.17) is 4.98 Å². The fraction of sp³-hybridized carbons (Fsp3) is 0. The third kappa shape index (κ3) is 11.2. The summed E-state index contributed by atoms with van der Waals surface area (Å²) in [7, 11) is 0. The van der Waals surface area contributed by atoms with Gasteiger partial charge in [-0.25, -0.2) is 9.97 Å². The lowest BCUT2D eigenvalue weighted by molar-refractivity contribution is 0.929. The number of aromatic nitrogens is 11. The second-order valence-electron chi connectivity index (χ2n) is 30.7. The minimum absolute atomic E-state index is 0.535. The molecule has 0 fully saturated rings. The van der Waals surface area contributed by atoms with E-state index in [1.165, 1.54) is 126 Å². The molecule has 9 heterocycles. The Balaban J connectivity index is 0.000000110. The number of hydrogen-bond donors (Lipinski definition) is 0. The molecule has 12 heteroatoms. The summed E-state index contributed by atoms with van der Waals surface area (Å²) in [5, 5.41) is 17.0. The maximum atomic E-state index is 4.81. The lowest BCUT2D eigenvalue weighted by Gasteiger charge is -2.25. The molecule has 9 aromatic heterocycles. The minimum Gasteiger partial charge on any atom is -0.317 e. The Bertz CT molecular complexity index is 8400. The van der Waals surface area contributed by atoms with Crippen LogP contribution in [0.4, 0.5) is 17.1 Å². The number of pyridine rings is 1. The quantitative estimate of drug-likeness (QED) is 0.122. The zero-order valence-corrected chi connectivity index (χ0v) is 66.2. The lowest BCUT2D eigenvalue weighted by Crippen LogP contribution is -2.09. The van der Waals surface area contributed by atoms with Gasteiger partial charge in [0.25, 0.3) is 0 Å². The molecule has 0 aliphatic heterocycles. The fourth-order valence-electron chi connectivity index (χ4n) is 19.0. The van der Waals surface area contributed by atoms with Gasteiger partial charge in [0.2, 0.25) is 5.95 Å². The van der Waals surface area contributed by atoms with Crippen molar-refractivity contribution in [2.24, 2.45) is 0 Å². The number of rotatable bonds is 12. The molecule has 12 nitrogen and oxygen atoms in total. The Morgan fingerprint density at radius 3 is 1.09 bits per heavy atom. The molecule has 0 radical (unpaired) electrons. The number of anilines is 3. The van der Waals surface area contributed by atoms with Crippen LogP contribution in [0.15, 0.2) is 415 Å². The van der Waals surface area contributed by atoms with Crippen molar-refractivity contribution in [1.82, 2.24) is 51.9 Å². The molecule has 0 aliphatic rings. The molecule has 25 aromatic rings. The highest BCUT2D eigenvalue weighted by atomic mass is 15.2. The number of nitrogens with zero attached hydrogens (tertiary/aromatic N) is 12. The first kappa shape index (κ1) is 70.7. The molecule has 0 saturated heterocycles. The average Bonchev–Trinajstić information content (AvgIpc) is 1.51. The number of benzene rings is 16. The van der Waals surface area contributed by atoms with Gasteiger partial charge in [-0.2, -0.15) is 4.98 Å². The van der Waals surface area contributed by atoms with Crippen LogP contribution in [0.3, 0.4) is 0 Å².